The molecule has 1 aromatic carbocycles. The zero-order valence-corrected chi connectivity index (χ0v) is 18.7. The van der Waals surface area contributed by atoms with E-state index in [9.17, 15) is 31.1 Å². The van der Waals surface area contributed by atoms with Crippen LogP contribution in [0.25, 0.3) is 11.1 Å². The normalized spacial score (nSPS) is 17.6. The van der Waals surface area contributed by atoms with Crippen molar-refractivity contribution < 1.29 is 35.9 Å². The average Bonchev–Trinajstić information content (AvgIpc) is 3.21. The molecule has 1 fully saturated rings. The molecule has 1 aliphatic rings. The molecule has 0 spiro atoms. The molecule has 190 valence electrons. The van der Waals surface area contributed by atoms with E-state index in [1.165, 1.54) is 25.4 Å². The predicted molar refractivity (Wildman–Crippen MR) is 115 cm³/mol. The molecule has 36 heavy (non-hydrogen) atoms. The Morgan fingerprint density at radius 2 is 1.75 bits per heavy atom. The van der Waals surface area contributed by atoms with Gasteiger partial charge in [-0.25, -0.2) is 37.8 Å². The number of ether oxygens (including phenoxy) is 1. The van der Waals surface area contributed by atoms with Crippen LogP contribution >= 0.6 is 0 Å². The highest BCUT2D eigenvalue weighted by atomic mass is 19.4. The van der Waals surface area contributed by atoms with E-state index in [-0.39, 0.29) is 29.5 Å². The fourth-order valence-electron chi connectivity index (χ4n) is 3.51. The third-order valence-electron chi connectivity index (χ3n) is 5.40. The molecule has 2 aromatic heterocycles. The summed E-state index contributed by atoms with van der Waals surface area (Å²) in [6, 6.07) is 0.820. The second kappa shape index (κ2) is 9.59. The van der Waals surface area contributed by atoms with Crippen LogP contribution in [-0.2, 0) is 10.9 Å². The van der Waals surface area contributed by atoms with E-state index in [1.807, 2.05) is 0 Å². The van der Waals surface area contributed by atoms with Crippen molar-refractivity contribution in [3.8, 4) is 11.1 Å². The van der Waals surface area contributed by atoms with E-state index in [2.05, 4.69) is 25.3 Å². The van der Waals surface area contributed by atoms with Crippen LogP contribution in [0.3, 0.4) is 0 Å². The standard InChI is InChI=1S/C22H18F6N6O2/c1-10(23)17-9-36-21(35)34(17)19-16(25)8-31-20(33-19)32-11(2)18-29-6-13(7-30-18)12-3-4-15(24)14(5-12)22(26,27)28/h3-8,10-11,17H,9H2,1-2H3,(H,31,32,33)/t10-,11-,17+/m0/s1. The first-order chi connectivity index (χ1) is 17.0. The van der Waals surface area contributed by atoms with Crippen molar-refractivity contribution in [2.75, 3.05) is 16.8 Å². The molecule has 8 nitrogen and oxygen atoms in total. The van der Waals surface area contributed by atoms with Gasteiger partial charge in [0.25, 0.3) is 0 Å². The number of nitrogens with zero attached hydrogens (tertiary/aromatic N) is 5. The first-order valence-electron chi connectivity index (χ1n) is 10.5. The minimum Gasteiger partial charge on any atom is -0.447 e. The van der Waals surface area contributed by atoms with Crippen LogP contribution in [0.1, 0.15) is 31.3 Å². The van der Waals surface area contributed by atoms with Gasteiger partial charge in [-0.15, -0.1) is 0 Å². The van der Waals surface area contributed by atoms with Gasteiger partial charge in [0, 0.05) is 18.0 Å². The van der Waals surface area contributed by atoms with Gasteiger partial charge in [0.2, 0.25) is 5.95 Å². The number of hydrogen-bond donors (Lipinski definition) is 1. The molecule has 0 unspecified atom stereocenters. The van der Waals surface area contributed by atoms with Crippen LogP contribution in [0.4, 0.5) is 42.9 Å². The number of carbonyl (C=O) groups excluding carboxylic acids is 1. The summed E-state index contributed by atoms with van der Waals surface area (Å²) in [6.07, 6.45) is -3.99. The fourth-order valence-corrected chi connectivity index (χ4v) is 3.51. The molecule has 0 saturated carbocycles. The summed E-state index contributed by atoms with van der Waals surface area (Å²) in [4.78, 5) is 28.8. The van der Waals surface area contributed by atoms with E-state index in [0.29, 0.717) is 12.1 Å². The Bertz CT molecular complexity index is 1270. The van der Waals surface area contributed by atoms with Crippen molar-refractivity contribution in [1.29, 1.82) is 0 Å². The van der Waals surface area contributed by atoms with Crippen molar-refractivity contribution >= 4 is 17.9 Å². The molecule has 4 rings (SSSR count). The van der Waals surface area contributed by atoms with E-state index in [4.69, 9.17) is 4.74 Å². The maximum Gasteiger partial charge on any atom is 0.419 e. The third-order valence-corrected chi connectivity index (χ3v) is 5.40. The smallest absolute Gasteiger partial charge is 0.419 e. The van der Waals surface area contributed by atoms with Crippen molar-refractivity contribution in [3.63, 3.8) is 0 Å². The number of alkyl halides is 4. The van der Waals surface area contributed by atoms with Crippen LogP contribution in [-0.4, -0.2) is 44.8 Å². The summed E-state index contributed by atoms with van der Waals surface area (Å²) >= 11 is 0. The van der Waals surface area contributed by atoms with Crippen LogP contribution in [0.2, 0.25) is 0 Å². The lowest BCUT2D eigenvalue weighted by Gasteiger charge is -2.22. The van der Waals surface area contributed by atoms with Crippen LogP contribution < -0.4 is 10.2 Å². The number of cyclic esters (lactones) is 1. The number of anilines is 2. The van der Waals surface area contributed by atoms with Crippen LogP contribution in [0, 0.1) is 11.6 Å². The number of amides is 1. The zero-order valence-electron chi connectivity index (χ0n) is 18.7. The van der Waals surface area contributed by atoms with Gasteiger partial charge in [-0.1, -0.05) is 6.07 Å². The molecular weight excluding hydrogens is 494 g/mol. The van der Waals surface area contributed by atoms with Gasteiger partial charge in [-0.3, -0.25) is 0 Å². The zero-order chi connectivity index (χ0) is 26.2. The summed E-state index contributed by atoms with van der Waals surface area (Å²) < 4.78 is 85.6. The molecule has 14 heteroatoms. The Hall–Kier alpha value is -3.97. The third kappa shape index (κ3) is 5.02. The molecule has 0 radical (unpaired) electrons. The average molecular weight is 512 g/mol. The van der Waals surface area contributed by atoms with Gasteiger partial charge in [0.1, 0.15) is 30.5 Å². The second-order valence-corrected chi connectivity index (χ2v) is 7.95. The van der Waals surface area contributed by atoms with Gasteiger partial charge in [-0.05, 0) is 31.5 Å². The first-order valence-corrected chi connectivity index (χ1v) is 10.5. The highest BCUT2D eigenvalue weighted by molar-refractivity contribution is 5.89. The number of hydrogen-bond acceptors (Lipinski definition) is 7. The quantitative estimate of drug-likeness (QED) is 0.460. The van der Waals surface area contributed by atoms with Crippen molar-refractivity contribution in [3.05, 3.63) is 59.8 Å². The summed E-state index contributed by atoms with van der Waals surface area (Å²) in [5, 5.41) is 2.82. The predicted octanol–water partition coefficient (Wildman–Crippen LogP) is 5.09. The monoisotopic (exact) mass is 512 g/mol. The Balaban J connectivity index is 1.53. The number of nitrogens with one attached hydrogen (secondary N) is 1. The van der Waals surface area contributed by atoms with E-state index in [0.717, 1.165) is 11.1 Å². The van der Waals surface area contributed by atoms with Gasteiger partial charge < -0.3 is 10.1 Å². The minimum atomic E-state index is -4.86. The minimum absolute atomic E-state index is 0.0662. The highest BCUT2D eigenvalue weighted by Crippen LogP contribution is 2.34. The van der Waals surface area contributed by atoms with Gasteiger partial charge in [-0.2, -0.15) is 18.2 Å². The van der Waals surface area contributed by atoms with Crippen LogP contribution in [0.15, 0.2) is 36.8 Å². The van der Waals surface area contributed by atoms with E-state index < -0.39 is 53.5 Å². The van der Waals surface area contributed by atoms with Gasteiger partial charge in [0.05, 0.1) is 17.8 Å². The first kappa shape index (κ1) is 25.1. The lowest BCUT2D eigenvalue weighted by molar-refractivity contribution is -0.139. The number of carbonyl (C=O) groups is 1. The van der Waals surface area contributed by atoms with Gasteiger partial charge >= 0.3 is 12.3 Å². The van der Waals surface area contributed by atoms with Gasteiger partial charge in [0.15, 0.2) is 11.6 Å². The maximum absolute atomic E-state index is 14.4. The summed E-state index contributed by atoms with van der Waals surface area (Å²) in [5.74, 6) is -2.76. The summed E-state index contributed by atoms with van der Waals surface area (Å²) in [7, 11) is 0. The van der Waals surface area contributed by atoms with E-state index >= 15 is 0 Å². The number of halogens is 6. The SMILES string of the molecule is C[C@H](Nc1ncc(F)c(N2C(=O)OC[C@@H]2[C@H](C)F)n1)c1ncc(-c2ccc(F)c(C(F)(F)F)c2)cn1. The lowest BCUT2D eigenvalue weighted by Crippen LogP contribution is -2.40. The number of aromatic nitrogens is 4. The molecular formula is C22H18F6N6O2. The highest BCUT2D eigenvalue weighted by Gasteiger charge is 2.40. The molecule has 1 aliphatic heterocycles. The molecule has 3 heterocycles. The largest absolute Gasteiger partial charge is 0.447 e. The Morgan fingerprint density at radius 3 is 2.39 bits per heavy atom. The molecule has 0 bridgehead atoms. The van der Waals surface area contributed by atoms with Crippen molar-refractivity contribution in [2.24, 2.45) is 0 Å². The van der Waals surface area contributed by atoms with Crippen molar-refractivity contribution in [1.82, 2.24) is 19.9 Å². The number of rotatable bonds is 6. The van der Waals surface area contributed by atoms with Crippen molar-refractivity contribution in [2.45, 2.75) is 38.3 Å². The fraction of sp³-hybridized carbons (Fsp3) is 0.318. The lowest BCUT2D eigenvalue weighted by atomic mass is 10.0. The molecule has 0 aliphatic carbocycles. The molecule has 1 amide bonds. The number of benzene rings is 1. The Kier molecular flexibility index (Phi) is 6.69. The molecule has 3 aromatic rings. The molecule has 1 N–H and O–H groups in total. The Morgan fingerprint density at radius 1 is 1.06 bits per heavy atom. The summed E-state index contributed by atoms with van der Waals surface area (Å²) in [5.41, 5.74) is -1.12. The molecule has 3 atom stereocenters. The van der Waals surface area contributed by atoms with Crippen LogP contribution in [0.5, 0.6) is 0 Å². The van der Waals surface area contributed by atoms with E-state index in [1.54, 1.807) is 6.92 Å². The molecule has 1 saturated heterocycles. The second-order valence-electron chi connectivity index (χ2n) is 7.95. The topological polar surface area (TPSA) is 93.1 Å². The summed E-state index contributed by atoms with van der Waals surface area (Å²) in [6.45, 7) is 2.55. The maximum atomic E-state index is 14.4. The Labute approximate surface area is 200 Å².